The molecule has 1 unspecified atom stereocenters. The fraction of sp³-hybridized carbons (Fsp3) is 0.143. The second-order valence-corrected chi connectivity index (χ2v) is 5.23. The number of aliphatic hydroxyl groups excluding tert-OH is 1. The Labute approximate surface area is 126 Å². The van der Waals surface area contributed by atoms with Crippen LogP contribution < -0.4 is 4.74 Å². The molecule has 2 aromatic carbocycles. The SMILES string of the molecule is COc1cc(Cl)ccc1C(O)c1cc(Cl)ccc1Cl. The highest BCUT2D eigenvalue weighted by Gasteiger charge is 2.18. The number of ether oxygens (including phenoxy) is 1. The molecule has 0 radical (unpaired) electrons. The van der Waals surface area contributed by atoms with Gasteiger partial charge in [-0.05, 0) is 30.3 Å². The molecule has 0 aliphatic rings. The quantitative estimate of drug-likeness (QED) is 0.886. The summed E-state index contributed by atoms with van der Waals surface area (Å²) in [5, 5.41) is 11.9. The average molecular weight is 318 g/mol. The number of rotatable bonds is 3. The lowest BCUT2D eigenvalue weighted by Gasteiger charge is -2.16. The van der Waals surface area contributed by atoms with E-state index in [4.69, 9.17) is 39.5 Å². The summed E-state index contributed by atoms with van der Waals surface area (Å²) in [6, 6.07) is 9.95. The highest BCUT2D eigenvalue weighted by Crippen LogP contribution is 2.35. The third-order valence-corrected chi connectivity index (χ3v) is 3.56. The summed E-state index contributed by atoms with van der Waals surface area (Å²) in [5.41, 5.74) is 1.10. The molecule has 0 saturated heterocycles. The minimum atomic E-state index is -0.932. The number of aliphatic hydroxyl groups is 1. The zero-order valence-corrected chi connectivity index (χ0v) is 12.3. The van der Waals surface area contributed by atoms with E-state index in [1.54, 1.807) is 36.4 Å². The molecule has 0 heterocycles. The van der Waals surface area contributed by atoms with Crippen LogP contribution in [0, 0.1) is 0 Å². The molecule has 0 aliphatic carbocycles. The van der Waals surface area contributed by atoms with E-state index in [9.17, 15) is 5.11 Å². The fourth-order valence-corrected chi connectivity index (χ4v) is 2.37. The van der Waals surface area contributed by atoms with Crippen molar-refractivity contribution in [3.05, 3.63) is 62.6 Å². The van der Waals surface area contributed by atoms with Crippen LogP contribution >= 0.6 is 34.8 Å². The van der Waals surface area contributed by atoms with E-state index in [-0.39, 0.29) is 0 Å². The van der Waals surface area contributed by atoms with E-state index in [1.807, 2.05) is 0 Å². The molecule has 100 valence electrons. The van der Waals surface area contributed by atoms with E-state index in [2.05, 4.69) is 0 Å². The van der Waals surface area contributed by atoms with Crippen LogP contribution in [0.5, 0.6) is 5.75 Å². The van der Waals surface area contributed by atoms with Crippen LogP contribution in [0.15, 0.2) is 36.4 Å². The van der Waals surface area contributed by atoms with E-state index in [0.717, 1.165) is 0 Å². The summed E-state index contributed by atoms with van der Waals surface area (Å²) in [6.07, 6.45) is -0.932. The standard InChI is InChI=1S/C14H11Cl3O2/c1-19-13-7-9(16)2-4-10(13)14(18)11-6-8(15)3-5-12(11)17/h2-7,14,18H,1H3. The third-order valence-electron chi connectivity index (χ3n) is 2.74. The van der Waals surface area contributed by atoms with Gasteiger partial charge in [0.15, 0.2) is 0 Å². The predicted molar refractivity (Wildman–Crippen MR) is 78.5 cm³/mol. The Morgan fingerprint density at radius 3 is 2.26 bits per heavy atom. The molecular formula is C14H11Cl3O2. The summed E-state index contributed by atoms with van der Waals surface area (Å²) < 4.78 is 5.22. The average Bonchev–Trinajstić information content (AvgIpc) is 2.40. The van der Waals surface area contributed by atoms with Gasteiger partial charge in [-0.15, -0.1) is 0 Å². The minimum Gasteiger partial charge on any atom is -0.496 e. The first-order valence-electron chi connectivity index (χ1n) is 5.49. The zero-order valence-electron chi connectivity index (χ0n) is 10.0. The van der Waals surface area contributed by atoms with E-state index in [0.29, 0.717) is 31.9 Å². The summed E-state index contributed by atoms with van der Waals surface area (Å²) in [7, 11) is 1.52. The molecule has 1 atom stereocenters. The Hall–Kier alpha value is -0.930. The van der Waals surface area contributed by atoms with Crippen molar-refractivity contribution in [3.8, 4) is 5.75 Å². The molecule has 5 heteroatoms. The Bertz CT molecular complexity index is 599. The first-order chi connectivity index (χ1) is 9.02. The van der Waals surface area contributed by atoms with Gasteiger partial charge in [0.2, 0.25) is 0 Å². The van der Waals surface area contributed by atoms with Crippen molar-refractivity contribution in [1.29, 1.82) is 0 Å². The summed E-state index contributed by atoms with van der Waals surface area (Å²) >= 11 is 17.9. The molecule has 0 spiro atoms. The lowest BCUT2D eigenvalue weighted by Crippen LogP contribution is -2.03. The van der Waals surface area contributed by atoms with E-state index >= 15 is 0 Å². The summed E-state index contributed by atoms with van der Waals surface area (Å²) in [6.45, 7) is 0. The van der Waals surface area contributed by atoms with Gasteiger partial charge in [-0.1, -0.05) is 40.9 Å². The molecule has 0 aliphatic heterocycles. The van der Waals surface area contributed by atoms with Crippen molar-refractivity contribution >= 4 is 34.8 Å². The second-order valence-electron chi connectivity index (χ2n) is 3.95. The van der Waals surface area contributed by atoms with E-state index in [1.165, 1.54) is 7.11 Å². The van der Waals surface area contributed by atoms with E-state index < -0.39 is 6.10 Å². The largest absolute Gasteiger partial charge is 0.496 e. The van der Waals surface area contributed by atoms with Crippen molar-refractivity contribution in [2.24, 2.45) is 0 Å². The minimum absolute atomic E-state index is 0.439. The maximum absolute atomic E-state index is 10.4. The van der Waals surface area contributed by atoms with Crippen molar-refractivity contribution < 1.29 is 9.84 Å². The predicted octanol–water partition coefficient (Wildman–Crippen LogP) is 4.74. The first kappa shape index (κ1) is 14.5. The Balaban J connectivity index is 2.49. The van der Waals surface area contributed by atoms with Gasteiger partial charge in [-0.25, -0.2) is 0 Å². The van der Waals surface area contributed by atoms with Crippen LogP contribution in [0.4, 0.5) is 0 Å². The van der Waals surface area contributed by atoms with Crippen molar-refractivity contribution in [2.75, 3.05) is 7.11 Å². The van der Waals surface area contributed by atoms with Crippen LogP contribution in [-0.2, 0) is 0 Å². The normalized spacial score (nSPS) is 12.3. The number of halogens is 3. The number of hydrogen-bond donors (Lipinski definition) is 1. The molecule has 2 nitrogen and oxygen atoms in total. The Morgan fingerprint density at radius 1 is 0.947 bits per heavy atom. The zero-order chi connectivity index (χ0) is 14.0. The van der Waals surface area contributed by atoms with Crippen LogP contribution in [0.1, 0.15) is 17.2 Å². The molecule has 0 aromatic heterocycles. The fourth-order valence-electron chi connectivity index (χ4n) is 1.80. The van der Waals surface area contributed by atoms with Crippen LogP contribution in [0.2, 0.25) is 15.1 Å². The smallest absolute Gasteiger partial charge is 0.126 e. The van der Waals surface area contributed by atoms with Gasteiger partial charge in [0, 0.05) is 26.2 Å². The lowest BCUT2D eigenvalue weighted by atomic mass is 10.0. The summed E-state index contributed by atoms with van der Waals surface area (Å²) in [4.78, 5) is 0. The van der Waals surface area contributed by atoms with Gasteiger partial charge in [0.05, 0.1) is 7.11 Å². The monoisotopic (exact) mass is 316 g/mol. The lowest BCUT2D eigenvalue weighted by molar-refractivity contribution is 0.215. The van der Waals surface area contributed by atoms with Gasteiger partial charge < -0.3 is 9.84 Å². The highest BCUT2D eigenvalue weighted by molar-refractivity contribution is 6.33. The van der Waals surface area contributed by atoms with Crippen molar-refractivity contribution in [1.82, 2.24) is 0 Å². The Kier molecular flexibility index (Phi) is 4.58. The van der Waals surface area contributed by atoms with Gasteiger partial charge in [-0.2, -0.15) is 0 Å². The molecule has 2 rings (SSSR count). The van der Waals surface area contributed by atoms with Gasteiger partial charge >= 0.3 is 0 Å². The van der Waals surface area contributed by atoms with Crippen LogP contribution in [0.25, 0.3) is 0 Å². The molecule has 19 heavy (non-hydrogen) atoms. The molecule has 0 saturated carbocycles. The molecule has 0 fully saturated rings. The first-order valence-corrected chi connectivity index (χ1v) is 6.62. The van der Waals surface area contributed by atoms with Crippen LogP contribution in [0.3, 0.4) is 0 Å². The van der Waals surface area contributed by atoms with Gasteiger partial charge in [0.1, 0.15) is 11.9 Å². The van der Waals surface area contributed by atoms with Crippen molar-refractivity contribution in [3.63, 3.8) is 0 Å². The molecular weight excluding hydrogens is 307 g/mol. The third kappa shape index (κ3) is 3.15. The number of benzene rings is 2. The number of hydrogen-bond acceptors (Lipinski definition) is 2. The molecule has 0 bridgehead atoms. The molecule has 0 amide bonds. The highest BCUT2D eigenvalue weighted by atomic mass is 35.5. The Morgan fingerprint density at radius 2 is 1.58 bits per heavy atom. The second kappa shape index (κ2) is 6.02. The van der Waals surface area contributed by atoms with Gasteiger partial charge in [-0.3, -0.25) is 0 Å². The maximum atomic E-state index is 10.4. The maximum Gasteiger partial charge on any atom is 0.126 e. The summed E-state index contributed by atoms with van der Waals surface area (Å²) in [5.74, 6) is 0.496. The topological polar surface area (TPSA) is 29.5 Å². The van der Waals surface area contributed by atoms with Gasteiger partial charge in [0.25, 0.3) is 0 Å². The van der Waals surface area contributed by atoms with Crippen LogP contribution in [-0.4, -0.2) is 12.2 Å². The van der Waals surface area contributed by atoms with Crippen molar-refractivity contribution in [2.45, 2.75) is 6.10 Å². The molecule has 2 aromatic rings. The number of methoxy groups -OCH3 is 1. The molecule has 1 N–H and O–H groups in total.